The van der Waals surface area contributed by atoms with Gasteiger partial charge in [0.1, 0.15) is 5.76 Å². The number of aryl methyl sites for hydroxylation is 1. The third kappa shape index (κ3) is 1.62. The average Bonchev–Trinajstić information content (AvgIpc) is 1.83. The van der Waals surface area contributed by atoms with Gasteiger partial charge in [0.15, 0.2) is 0 Å². The molecule has 0 saturated heterocycles. The third-order valence-electron chi connectivity index (χ3n) is 1.03. The fraction of sp³-hybridized carbons (Fsp3) is 0.167. The quantitative estimate of drug-likeness (QED) is 0.599. The van der Waals surface area contributed by atoms with Crippen LogP contribution in [-0.4, -0.2) is 5.11 Å². The van der Waals surface area contributed by atoms with Crippen molar-refractivity contribution in [1.29, 1.82) is 0 Å². The molecule has 0 aliphatic carbocycles. The van der Waals surface area contributed by atoms with Gasteiger partial charge in [-0.2, -0.15) is 0 Å². The van der Waals surface area contributed by atoms with Crippen LogP contribution >= 0.6 is 0 Å². The van der Waals surface area contributed by atoms with E-state index in [2.05, 4.69) is 4.42 Å². The van der Waals surface area contributed by atoms with Gasteiger partial charge in [-0.3, -0.25) is 4.79 Å². The molecule has 0 spiro atoms. The first kappa shape index (κ1) is 9.27. The minimum Gasteiger partial charge on any atom is -0.502 e. The first-order valence-electron chi connectivity index (χ1n) is 2.49. The SMILES string of the molecule is Cc1occc(=O)c1O.[Fe]. The number of hydrogen-bond acceptors (Lipinski definition) is 3. The summed E-state index contributed by atoms with van der Waals surface area (Å²) in [5.74, 6) is -0.0556. The second-order valence-electron chi connectivity index (χ2n) is 1.69. The Kier molecular flexibility index (Phi) is 3.19. The molecule has 0 aromatic carbocycles. The Labute approximate surface area is 68.2 Å². The monoisotopic (exact) mass is 182 g/mol. The van der Waals surface area contributed by atoms with E-state index in [1.165, 1.54) is 19.3 Å². The Hall–Kier alpha value is -0.731. The molecule has 1 rings (SSSR count). The van der Waals surface area contributed by atoms with E-state index in [9.17, 15) is 4.79 Å². The molecule has 0 atom stereocenters. The molecule has 0 fully saturated rings. The first-order valence-corrected chi connectivity index (χ1v) is 2.49. The Morgan fingerprint density at radius 1 is 1.60 bits per heavy atom. The van der Waals surface area contributed by atoms with E-state index in [-0.39, 0.29) is 28.6 Å². The summed E-state index contributed by atoms with van der Waals surface area (Å²) in [6.45, 7) is 1.52. The molecule has 0 amide bonds. The predicted molar refractivity (Wildman–Crippen MR) is 31.4 cm³/mol. The molecular formula is C6H6FeO3. The molecular weight excluding hydrogens is 176 g/mol. The Balaban J connectivity index is 0.000000810. The van der Waals surface area contributed by atoms with Crippen LogP contribution in [0.2, 0.25) is 0 Å². The standard InChI is InChI=1S/C6H6O3.Fe/c1-4-6(8)5(7)2-3-9-4;/h2-3,8H,1H3;. The minimum absolute atomic E-state index is 0. The molecule has 0 radical (unpaired) electrons. The van der Waals surface area contributed by atoms with Crippen molar-refractivity contribution >= 4 is 0 Å². The zero-order valence-electron chi connectivity index (χ0n) is 5.27. The van der Waals surface area contributed by atoms with Crippen molar-refractivity contribution in [2.45, 2.75) is 6.92 Å². The van der Waals surface area contributed by atoms with Crippen LogP contribution in [0.1, 0.15) is 5.76 Å². The maximum absolute atomic E-state index is 10.5. The number of aromatic hydroxyl groups is 1. The topological polar surface area (TPSA) is 50.4 Å². The van der Waals surface area contributed by atoms with Crippen molar-refractivity contribution in [2.24, 2.45) is 0 Å². The van der Waals surface area contributed by atoms with E-state index in [0.29, 0.717) is 0 Å². The smallest absolute Gasteiger partial charge is 0.226 e. The van der Waals surface area contributed by atoms with Crippen LogP contribution in [0.5, 0.6) is 5.75 Å². The van der Waals surface area contributed by atoms with Gasteiger partial charge in [0.05, 0.1) is 6.26 Å². The van der Waals surface area contributed by atoms with Crippen LogP contribution in [0.25, 0.3) is 0 Å². The summed E-state index contributed by atoms with van der Waals surface area (Å²) in [6, 6.07) is 1.17. The molecule has 56 valence electrons. The van der Waals surface area contributed by atoms with Gasteiger partial charge in [0, 0.05) is 23.1 Å². The molecule has 1 aromatic rings. The van der Waals surface area contributed by atoms with Gasteiger partial charge >= 0.3 is 0 Å². The van der Waals surface area contributed by atoms with Crippen LogP contribution in [0.3, 0.4) is 0 Å². The molecule has 3 nitrogen and oxygen atoms in total. The summed E-state index contributed by atoms with van der Waals surface area (Å²) < 4.78 is 4.69. The van der Waals surface area contributed by atoms with Crippen molar-refractivity contribution in [1.82, 2.24) is 0 Å². The van der Waals surface area contributed by atoms with Gasteiger partial charge in [-0.1, -0.05) is 0 Å². The Morgan fingerprint density at radius 2 is 2.20 bits per heavy atom. The van der Waals surface area contributed by atoms with Crippen molar-refractivity contribution in [2.75, 3.05) is 0 Å². The molecule has 0 aliphatic rings. The van der Waals surface area contributed by atoms with Crippen molar-refractivity contribution in [3.05, 3.63) is 28.3 Å². The average molecular weight is 182 g/mol. The number of hydrogen-bond donors (Lipinski definition) is 1. The summed E-state index contributed by atoms with van der Waals surface area (Å²) in [6.07, 6.45) is 1.25. The Morgan fingerprint density at radius 3 is 2.60 bits per heavy atom. The summed E-state index contributed by atoms with van der Waals surface area (Å²) >= 11 is 0. The van der Waals surface area contributed by atoms with Gasteiger partial charge in [-0.05, 0) is 6.92 Å². The summed E-state index contributed by atoms with van der Waals surface area (Å²) in [5, 5.41) is 8.80. The fourth-order valence-corrected chi connectivity index (χ4v) is 0.506. The van der Waals surface area contributed by atoms with Crippen molar-refractivity contribution < 1.29 is 26.6 Å². The summed E-state index contributed by atoms with van der Waals surface area (Å²) in [7, 11) is 0. The van der Waals surface area contributed by atoms with Gasteiger partial charge in [0.2, 0.25) is 11.2 Å². The van der Waals surface area contributed by atoms with E-state index < -0.39 is 5.43 Å². The molecule has 0 aliphatic heterocycles. The van der Waals surface area contributed by atoms with Crippen LogP contribution in [0.15, 0.2) is 21.5 Å². The zero-order chi connectivity index (χ0) is 6.85. The molecule has 1 heterocycles. The molecule has 1 aromatic heterocycles. The van der Waals surface area contributed by atoms with Crippen LogP contribution in [0.4, 0.5) is 0 Å². The van der Waals surface area contributed by atoms with E-state index in [1.54, 1.807) is 0 Å². The van der Waals surface area contributed by atoms with E-state index >= 15 is 0 Å². The first-order chi connectivity index (χ1) is 4.22. The van der Waals surface area contributed by atoms with Crippen molar-refractivity contribution in [3.8, 4) is 5.75 Å². The van der Waals surface area contributed by atoms with E-state index in [0.717, 1.165) is 0 Å². The van der Waals surface area contributed by atoms with Gasteiger partial charge in [0.25, 0.3) is 0 Å². The Bertz CT molecular complexity index is 266. The van der Waals surface area contributed by atoms with Crippen LogP contribution < -0.4 is 5.43 Å². The fourth-order valence-electron chi connectivity index (χ4n) is 0.506. The molecule has 1 N–H and O–H groups in total. The van der Waals surface area contributed by atoms with E-state index in [4.69, 9.17) is 5.11 Å². The maximum Gasteiger partial charge on any atom is 0.226 e. The van der Waals surface area contributed by atoms with E-state index in [1.807, 2.05) is 0 Å². The van der Waals surface area contributed by atoms with Gasteiger partial charge in [-0.15, -0.1) is 0 Å². The van der Waals surface area contributed by atoms with Crippen LogP contribution in [0, 0.1) is 6.92 Å². The molecule has 0 bridgehead atoms. The van der Waals surface area contributed by atoms with Gasteiger partial charge < -0.3 is 9.52 Å². The predicted octanol–water partition coefficient (Wildman–Crippen LogP) is 0.651. The second kappa shape index (κ2) is 3.44. The number of rotatable bonds is 0. The maximum atomic E-state index is 10.5. The molecule has 4 heteroatoms. The minimum atomic E-state index is -0.404. The molecule has 0 unspecified atom stereocenters. The normalized spacial score (nSPS) is 8.50. The summed E-state index contributed by atoms with van der Waals surface area (Å²) in [5.41, 5.74) is -0.404. The summed E-state index contributed by atoms with van der Waals surface area (Å²) in [4.78, 5) is 10.5. The zero-order valence-corrected chi connectivity index (χ0v) is 6.38. The molecule has 0 saturated carbocycles. The second-order valence-corrected chi connectivity index (χ2v) is 1.69. The third-order valence-corrected chi connectivity index (χ3v) is 1.03. The van der Waals surface area contributed by atoms with Crippen LogP contribution in [-0.2, 0) is 17.1 Å². The van der Waals surface area contributed by atoms with Crippen molar-refractivity contribution in [3.63, 3.8) is 0 Å². The molecule has 10 heavy (non-hydrogen) atoms. The van der Waals surface area contributed by atoms with Gasteiger partial charge in [-0.25, -0.2) is 0 Å². The largest absolute Gasteiger partial charge is 0.502 e.